The summed E-state index contributed by atoms with van der Waals surface area (Å²) in [7, 11) is 0. The Morgan fingerprint density at radius 1 is 1.07 bits per heavy atom. The highest BCUT2D eigenvalue weighted by atomic mass is 32.1. The molecule has 0 radical (unpaired) electrons. The number of nitrogens with zero attached hydrogens (tertiary/aromatic N) is 1. The van der Waals surface area contributed by atoms with E-state index in [0.29, 0.717) is 31.1 Å². The number of thiophene rings is 1. The summed E-state index contributed by atoms with van der Waals surface area (Å²) in [5.41, 5.74) is -0.267. The van der Waals surface area contributed by atoms with E-state index < -0.39 is 10.9 Å². The van der Waals surface area contributed by atoms with Crippen LogP contribution in [0.1, 0.15) is 24.1 Å². The minimum atomic E-state index is -0.477. The number of nitrogens with one attached hydrogen (secondary N) is 2. The second kappa shape index (κ2) is 10.2. The zero-order valence-electron chi connectivity index (χ0n) is 16.0. The SMILES string of the molecule is C=CCNc1c(NC/C=C\COc2csc(CN3CCCCC3)c2)c(=O)c1=O. The molecule has 2 N–H and O–H groups in total. The Morgan fingerprint density at radius 2 is 1.79 bits per heavy atom. The highest BCUT2D eigenvalue weighted by Crippen LogP contribution is 2.24. The summed E-state index contributed by atoms with van der Waals surface area (Å²) in [6.45, 7) is 8.36. The van der Waals surface area contributed by atoms with E-state index in [9.17, 15) is 9.59 Å². The van der Waals surface area contributed by atoms with Crippen LogP contribution in [0.4, 0.5) is 11.4 Å². The molecule has 0 aliphatic carbocycles. The summed E-state index contributed by atoms with van der Waals surface area (Å²) in [4.78, 5) is 27.0. The molecule has 6 nitrogen and oxygen atoms in total. The van der Waals surface area contributed by atoms with Crippen molar-refractivity contribution in [2.75, 3.05) is 43.4 Å². The molecule has 1 aromatic heterocycles. The molecule has 0 atom stereocenters. The number of piperidine rings is 1. The first-order valence-corrected chi connectivity index (χ1v) is 10.6. The quantitative estimate of drug-likeness (QED) is 0.446. The maximum Gasteiger partial charge on any atom is 0.253 e. The number of ether oxygens (including phenoxy) is 1. The fraction of sp³-hybridized carbons (Fsp3) is 0.429. The molecule has 0 bridgehead atoms. The van der Waals surface area contributed by atoms with E-state index in [4.69, 9.17) is 4.74 Å². The Morgan fingerprint density at radius 3 is 2.50 bits per heavy atom. The Labute approximate surface area is 169 Å². The lowest BCUT2D eigenvalue weighted by Crippen LogP contribution is -2.37. The van der Waals surface area contributed by atoms with Gasteiger partial charge in [-0.05, 0) is 38.1 Å². The summed E-state index contributed by atoms with van der Waals surface area (Å²) in [6.07, 6.45) is 9.38. The van der Waals surface area contributed by atoms with E-state index in [1.54, 1.807) is 17.4 Å². The molecule has 2 heterocycles. The monoisotopic (exact) mass is 401 g/mol. The van der Waals surface area contributed by atoms with Gasteiger partial charge in [-0.1, -0.05) is 18.6 Å². The van der Waals surface area contributed by atoms with Crippen LogP contribution in [-0.4, -0.2) is 37.7 Å². The van der Waals surface area contributed by atoms with Gasteiger partial charge in [0.1, 0.15) is 23.7 Å². The van der Waals surface area contributed by atoms with Crippen LogP contribution >= 0.6 is 11.3 Å². The molecule has 1 aliphatic rings. The molecule has 1 aromatic carbocycles. The van der Waals surface area contributed by atoms with Crippen LogP contribution in [0.25, 0.3) is 0 Å². The fourth-order valence-corrected chi connectivity index (χ4v) is 4.06. The van der Waals surface area contributed by atoms with Crippen LogP contribution in [0.5, 0.6) is 5.75 Å². The van der Waals surface area contributed by atoms with E-state index in [1.807, 2.05) is 17.5 Å². The predicted octanol–water partition coefficient (Wildman–Crippen LogP) is 2.98. The van der Waals surface area contributed by atoms with Gasteiger partial charge in [-0.2, -0.15) is 0 Å². The number of hydrogen-bond acceptors (Lipinski definition) is 7. The molecule has 0 saturated carbocycles. The Balaban J connectivity index is 1.37. The summed E-state index contributed by atoms with van der Waals surface area (Å²) in [5.74, 6) is 0.896. The number of hydrogen-bond donors (Lipinski definition) is 2. The van der Waals surface area contributed by atoms with Crippen molar-refractivity contribution in [3.63, 3.8) is 0 Å². The smallest absolute Gasteiger partial charge is 0.253 e. The lowest BCUT2D eigenvalue weighted by molar-refractivity contribution is 0.222. The van der Waals surface area contributed by atoms with Gasteiger partial charge >= 0.3 is 0 Å². The van der Waals surface area contributed by atoms with Crippen molar-refractivity contribution in [1.29, 1.82) is 0 Å². The average molecular weight is 402 g/mol. The molecule has 3 rings (SSSR count). The van der Waals surface area contributed by atoms with Gasteiger partial charge in [0.25, 0.3) is 10.9 Å². The van der Waals surface area contributed by atoms with Crippen LogP contribution in [0.3, 0.4) is 0 Å². The predicted molar refractivity (Wildman–Crippen MR) is 117 cm³/mol. The van der Waals surface area contributed by atoms with Gasteiger partial charge in [-0.25, -0.2) is 0 Å². The van der Waals surface area contributed by atoms with Gasteiger partial charge in [0.15, 0.2) is 0 Å². The van der Waals surface area contributed by atoms with Crippen LogP contribution in [0.15, 0.2) is 45.8 Å². The van der Waals surface area contributed by atoms with Crippen LogP contribution in [0, 0.1) is 0 Å². The van der Waals surface area contributed by atoms with Gasteiger partial charge in [-0.3, -0.25) is 14.5 Å². The topological polar surface area (TPSA) is 70.7 Å². The van der Waals surface area contributed by atoms with Crippen molar-refractivity contribution in [3.8, 4) is 5.75 Å². The summed E-state index contributed by atoms with van der Waals surface area (Å²) >= 11 is 1.74. The Hall–Kier alpha value is -2.38. The number of likely N-dealkylation sites (tertiary alicyclic amines) is 1. The molecular weight excluding hydrogens is 374 g/mol. The van der Waals surface area contributed by atoms with Crippen LogP contribution < -0.4 is 26.2 Å². The molecule has 7 heteroatoms. The first-order chi connectivity index (χ1) is 13.7. The second-order valence-electron chi connectivity index (χ2n) is 6.83. The Bertz CT molecular complexity index is 874. The van der Waals surface area contributed by atoms with Crippen molar-refractivity contribution in [2.45, 2.75) is 25.8 Å². The molecule has 1 fully saturated rings. The van der Waals surface area contributed by atoms with Crippen molar-refractivity contribution in [2.24, 2.45) is 0 Å². The van der Waals surface area contributed by atoms with Gasteiger partial charge in [0, 0.05) is 29.9 Å². The van der Waals surface area contributed by atoms with Gasteiger partial charge < -0.3 is 15.4 Å². The first-order valence-electron chi connectivity index (χ1n) is 9.68. The zero-order chi connectivity index (χ0) is 19.8. The largest absolute Gasteiger partial charge is 0.489 e. The van der Waals surface area contributed by atoms with Crippen molar-refractivity contribution < 1.29 is 4.74 Å². The van der Waals surface area contributed by atoms with Gasteiger partial charge in [-0.15, -0.1) is 17.9 Å². The molecule has 150 valence electrons. The van der Waals surface area contributed by atoms with Crippen molar-refractivity contribution in [1.82, 2.24) is 4.90 Å². The maximum absolute atomic E-state index is 11.6. The maximum atomic E-state index is 11.6. The third kappa shape index (κ3) is 5.33. The zero-order valence-corrected chi connectivity index (χ0v) is 16.9. The highest BCUT2D eigenvalue weighted by Gasteiger charge is 2.19. The lowest BCUT2D eigenvalue weighted by Gasteiger charge is -2.25. The Kier molecular flexibility index (Phi) is 7.45. The van der Waals surface area contributed by atoms with Gasteiger partial charge in [0.05, 0.1) is 0 Å². The summed E-state index contributed by atoms with van der Waals surface area (Å²) in [5, 5.41) is 7.90. The lowest BCUT2D eigenvalue weighted by atomic mass is 10.1. The van der Waals surface area contributed by atoms with Gasteiger partial charge in [0.2, 0.25) is 0 Å². The van der Waals surface area contributed by atoms with E-state index in [1.165, 1.54) is 37.2 Å². The third-order valence-electron chi connectivity index (χ3n) is 4.70. The van der Waals surface area contributed by atoms with Crippen LogP contribution in [-0.2, 0) is 6.54 Å². The average Bonchev–Trinajstić information content (AvgIpc) is 3.16. The van der Waals surface area contributed by atoms with E-state index in [2.05, 4.69) is 28.2 Å². The summed E-state index contributed by atoms with van der Waals surface area (Å²) in [6, 6.07) is 2.12. The normalized spacial score (nSPS) is 15.1. The summed E-state index contributed by atoms with van der Waals surface area (Å²) < 4.78 is 5.76. The number of anilines is 2. The van der Waals surface area contributed by atoms with E-state index in [0.717, 1.165) is 12.3 Å². The molecule has 2 aromatic rings. The molecule has 0 spiro atoms. The molecular formula is C21H27N3O3S. The minimum absolute atomic E-state index is 0.342. The molecule has 1 aliphatic heterocycles. The second-order valence-corrected chi connectivity index (χ2v) is 7.82. The third-order valence-corrected chi connectivity index (χ3v) is 5.60. The highest BCUT2D eigenvalue weighted by molar-refractivity contribution is 7.10. The molecule has 0 amide bonds. The molecule has 28 heavy (non-hydrogen) atoms. The molecule has 1 saturated heterocycles. The van der Waals surface area contributed by atoms with Crippen LogP contribution in [0.2, 0.25) is 0 Å². The van der Waals surface area contributed by atoms with Crippen molar-refractivity contribution >= 4 is 22.7 Å². The van der Waals surface area contributed by atoms with E-state index >= 15 is 0 Å². The van der Waals surface area contributed by atoms with Crippen molar-refractivity contribution in [3.05, 3.63) is 61.6 Å². The van der Waals surface area contributed by atoms with E-state index in [-0.39, 0.29) is 0 Å². The minimum Gasteiger partial charge on any atom is -0.489 e. The number of rotatable bonds is 11. The fourth-order valence-electron chi connectivity index (χ4n) is 3.22. The standard InChI is InChI=1S/C21H27N3O3S/c1-2-8-22-18-19(21(26)20(18)25)23-9-4-7-12-27-16-13-17(28-15-16)14-24-10-5-3-6-11-24/h2,4,7,13,15,22-23H,1,3,5-6,8-12,14H2/b7-4-. The first kappa shape index (κ1) is 20.4. The molecule has 0 unspecified atom stereocenters.